The van der Waals surface area contributed by atoms with Gasteiger partial charge in [0.15, 0.2) is 23.3 Å². The number of rotatable bonds is 18. The summed E-state index contributed by atoms with van der Waals surface area (Å²) in [5.74, 6) is 0.647. The summed E-state index contributed by atoms with van der Waals surface area (Å²) in [6, 6.07) is 36.4. The average molecular weight is 1160 g/mol. The zero-order valence-corrected chi connectivity index (χ0v) is 46.7. The molecule has 0 bridgehead atoms. The third kappa shape index (κ3) is 14.5. The Bertz CT molecular complexity index is 3530. The van der Waals surface area contributed by atoms with Crippen molar-refractivity contribution in [2.24, 2.45) is 0 Å². The summed E-state index contributed by atoms with van der Waals surface area (Å²) >= 11 is 12.8. The molecule has 8 aromatic rings. The number of hydrogen-bond donors (Lipinski definition) is 8. The fourth-order valence-corrected chi connectivity index (χ4v) is 11.3. The molecule has 2 amide bonds. The minimum absolute atomic E-state index is 0.0317. The first-order valence-electron chi connectivity index (χ1n) is 25.7. The lowest BCUT2D eigenvalue weighted by Crippen LogP contribution is -2.43. The number of halogens is 2. The molecule has 8 N–H and O–H groups in total. The first-order valence-corrected chi connectivity index (χ1v) is 29.4. The van der Waals surface area contributed by atoms with Gasteiger partial charge in [0.2, 0.25) is 0 Å². The third-order valence-corrected chi connectivity index (χ3v) is 16.4. The van der Waals surface area contributed by atoms with Crippen molar-refractivity contribution in [3.63, 3.8) is 0 Å². The van der Waals surface area contributed by atoms with E-state index in [-0.39, 0.29) is 68.1 Å². The van der Waals surface area contributed by atoms with Crippen LogP contribution in [0.2, 0.25) is 10.0 Å². The van der Waals surface area contributed by atoms with Crippen molar-refractivity contribution < 1.29 is 35.9 Å². The fourth-order valence-electron chi connectivity index (χ4n) is 8.84. The molecule has 2 aromatic heterocycles. The van der Waals surface area contributed by atoms with Crippen LogP contribution in [0.5, 0.6) is 11.5 Å². The summed E-state index contributed by atoms with van der Waals surface area (Å²) in [4.78, 5) is 43.6. The molecule has 80 heavy (non-hydrogen) atoms. The van der Waals surface area contributed by atoms with Crippen LogP contribution in [0.1, 0.15) is 59.2 Å². The smallest absolute Gasteiger partial charge is 0.263 e. The molecule has 10 rings (SSSR count). The van der Waals surface area contributed by atoms with E-state index in [1.807, 2.05) is 12.1 Å². The SMILES string of the molecule is COc1ccc(Cl)c(Nc2nc3ccccc3nc2NS(=O)(=O)c2cccc(C(=O)NCC3CCCCN3)c2)c1.COc1ccc(Cl)c(Nc2nc3ccccc3nc2NS(=O)(=O)c2cccc(C(=O)NCC3CCCCN3)c2)c1. The number of nitrogens with one attached hydrogen (secondary N) is 8. The third-order valence-electron chi connectivity index (χ3n) is 13.1. The monoisotopic (exact) mass is 1160 g/mol. The number of fused-ring (bicyclic) bond motifs is 2. The van der Waals surface area contributed by atoms with Crippen molar-refractivity contribution in [2.75, 3.05) is 60.5 Å². The summed E-state index contributed by atoms with van der Waals surface area (Å²) in [6.45, 7) is 2.81. The highest BCUT2D eigenvalue weighted by Gasteiger charge is 2.24. The van der Waals surface area contributed by atoms with E-state index in [9.17, 15) is 26.4 Å². The number of piperidine rings is 2. The molecule has 0 aliphatic carbocycles. The number of nitrogens with zero attached hydrogens (tertiary/aromatic N) is 4. The predicted molar refractivity (Wildman–Crippen MR) is 312 cm³/mol. The molecule has 2 aliphatic heterocycles. The molecule has 0 spiro atoms. The van der Waals surface area contributed by atoms with E-state index in [4.69, 9.17) is 32.7 Å². The fraction of sp³-hybridized carbons (Fsp3) is 0.250. The number of carbonyl (C=O) groups excluding carboxylic acids is 2. The molecule has 6 aromatic carbocycles. The van der Waals surface area contributed by atoms with Crippen LogP contribution in [0, 0.1) is 0 Å². The van der Waals surface area contributed by atoms with Crippen LogP contribution in [0.3, 0.4) is 0 Å². The van der Waals surface area contributed by atoms with Gasteiger partial charge in [-0.1, -0.05) is 72.4 Å². The van der Waals surface area contributed by atoms with Crippen LogP contribution in [-0.2, 0) is 20.0 Å². The Balaban J connectivity index is 0.000000194. The van der Waals surface area contributed by atoms with Gasteiger partial charge in [-0.15, -0.1) is 0 Å². The van der Waals surface area contributed by atoms with Gasteiger partial charge in [-0.2, -0.15) is 0 Å². The Labute approximate surface area is 473 Å². The molecule has 0 saturated carbocycles. The van der Waals surface area contributed by atoms with Crippen LogP contribution >= 0.6 is 23.2 Å². The standard InChI is InChI=1S/2C28H29ClN6O4S/c2*1-39-20-12-13-22(29)25(16-20)34-26-27(33-24-11-3-2-10-23(24)32-26)35-40(37,38)21-9-6-7-18(15-21)28(36)31-17-19-8-4-5-14-30-19/h2*2-3,6-7,9-13,15-16,19,30H,4-5,8,14,17H2,1H3,(H,31,36)(H,32,34)(H,33,35). The number of aromatic nitrogens is 4. The molecule has 0 radical (unpaired) electrons. The number of ether oxygens (including phenoxy) is 2. The van der Waals surface area contributed by atoms with Crippen molar-refractivity contribution in [2.45, 2.75) is 60.4 Å². The van der Waals surface area contributed by atoms with E-state index >= 15 is 0 Å². The molecule has 24 heteroatoms. The molecular weight excluding hydrogens is 1100 g/mol. The number of amides is 2. The normalized spacial score (nSPS) is 15.4. The topological polar surface area (TPSA) is 269 Å². The maximum Gasteiger partial charge on any atom is 0.263 e. The maximum absolute atomic E-state index is 13.5. The Morgan fingerprint density at radius 3 is 1.26 bits per heavy atom. The van der Waals surface area contributed by atoms with E-state index in [0.717, 1.165) is 51.6 Å². The van der Waals surface area contributed by atoms with E-state index in [1.165, 1.54) is 50.6 Å². The van der Waals surface area contributed by atoms with Crippen LogP contribution in [0.15, 0.2) is 143 Å². The minimum atomic E-state index is -4.15. The zero-order chi connectivity index (χ0) is 56.2. The highest BCUT2D eigenvalue weighted by atomic mass is 35.5. The molecule has 2 atom stereocenters. The summed E-state index contributed by atoms with van der Waals surface area (Å²) < 4.78 is 69.6. The largest absolute Gasteiger partial charge is 0.497 e. The number of anilines is 6. The predicted octanol–water partition coefficient (Wildman–Crippen LogP) is 9.42. The average Bonchev–Trinajstić information content (AvgIpc) is 3.49. The van der Waals surface area contributed by atoms with Crippen LogP contribution in [0.4, 0.5) is 34.6 Å². The molecule has 20 nitrogen and oxygen atoms in total. The van der Waals surface area contributed by atoms with Gasteiger partial charge in [0.05, 0.1) is 67.5 Å². The quantitative estimate of drug-likeness (QED) is 0.0397. The van der Waals surface area contributed by atoms with Gasteiger partial charge in [-0.05, 0) is 124 Å². The number of sulfonamides is 2. The number of methoxy groups -OCH3 is 2. The first kappa shape index (κ1) is 56.8. The van der Waals surface area contributed by atoms with Crippen LogP contribution in [0.25, 0.3) is 22.1 Å². The number of hydrogen-bond acceptors (Lipinski definition) is 16. The molecule has 2 saturated heterocycles. The van der Waals surface area contributed by atoms with Gasteiger partial charge < -0.3 is 41.4 Å². The maximum atomic E-state index is 13.5. The first-order chi connectivity index (χ1) is 38.6. The molecule has 2 fully saturated rings. The molecular formula is C56H58Cl2N12O8S2. The lowest BCUT2D eigenvalue weighted by Gasteiger charge is -2.23. The second-order valence-electron chi connectivity index (χ2n) is 18.7. The second-order valence-corrected chi connectivity index (χ2v) is 22.9. The van der Waals surface area contributed by atoms with Crippen molar-refractivity contribution >= 4 is 112 Å². The Morgan fingerprint density at radius 2 is 0.900 bits per heavy atom. The molecule has 416 valence electrons. The minimum Gasteiger partial charge on any atom is -0.497 e. The lowest BCUT2D eigenvalue weighted by atomic mass is 10.1. The van der Waals surface area contributed by atoms with Gasteiger partial charge >= 0.3 is 0 Å². The Kier molecular flexibility index (Phi) is 18.4. The lowest BCUT2D eigenvalue weighted by molar-refractivity contribution is 0.0939. The van der Waals surface area contributed by atoms with Crippen LogP contribution < -0.4 is 50.8 Å². The van der Waals surface area contributed by atoms with Crippen molar-refractivity contribution in [3.8, 4) is 11.5 Å². The van der Waals surface area contributed by atoms with Gasteiger partial charge in [-0.3, -0.25) is 19.0 Å². The Morgan fingerprint density at radius 1 is 0.512 bits per heavy atom. The summed E-state index contributed by atoms with van der Waals surface area (Å²) in [5.41, 5.74) is 3.49. The highest BCUT2D eigenvalue weighted by molar-refractivity contribution is 7.93. The number of benzene rings is 6. The molecule has 4 heterocycles. The van der Waals surface area contributed by atoms with Crippen LogP contribution in [-0.4, -0.2) is 101 Å². The summed E-state index contributed by atoms with van der Waals surface area (Å²) in [5, 5.41) is 19.5. The van der Waals surface area contributed by atoms with E-state index in [2.05, 4.69) is 61.3 Å². The number of carbonyl (C=O) groups is 2. The molecule has 2 unspecified atom stereocenters. The highest BCUT2D eigenvalue weighted by Crippen LogP contribution is 2.35. The Hall–Kier alpha value is -7.86. The van der Waals surface area contributed by atoms with E-state index < -0.39 is 20.0 Å². The van der Waals surface area contributed by atoms with Crippen molar-refractivity contribution in [3.05, 3.63) is 155 Å². The van der Waals surface area contributed by atoms with Crippen molar-refractivity contribution in [1.82, 2.24) is 41.2 Å². The zero-order valence-electron chi connectivity index (χ0n) is 43.6. The number of para-hydroxylation sites is 4. The van der Waals surface area contributed by atoms with Gasteiger partial charge in [0, 0.05) is 48.4 Å². The van der Waals surface area contributed by atoms with Gasteiger partial charge in [-0.25, -0.2) is 36.8 Å². The summed E-state index contributed by atoms with van der Waals surface area (Å²) in [7, 11) is -5.24. The molecule has 2 aliphatic rings. The van der Waals surface area contributed by atoms with E-state index in [1.54, 1.807) is 84.9 Å². The van der Waals surface area contributed by atoms with Gasteiger partial charge in [0.1, 0.15) is 11.5 Å². The van der Waals surface area contributed by atoms with Crippen molar-refractivity contribution in [1.29, 1.82) is 0 Å². The second kappa shape index (κ2) is 25.9. The van der Waals surface area contributed by atoms with E-state index in [0.29, 0.717) is 68.1 Å². The van der Waals surface area contributed by atoms with Gasteiger partial charge in [0.25, 0.3) is 31.9 Å². The summed E-state index contributed by atoms with van der Waals surface area (Å²) in [6.07, 6.45) is 6.47.